The maximum Gasteiger partial charge on any atom is 0.298 e. The van der Waals surface area contributed by atoms with Crippen molar-refractivity contribution in [2.75, 3.05) is 5.32 Å². The molecule has 0 aliphatic rings. The molecular formula is C18H17F2N5O. The van der Waals surface area contributed by atoms with Crippen molar-refractivity contribution in [1.29, 1.82) is 0 Å². The van der Waals surface area contributed by atoms with Crippen LogP contribution in [0.5, 0.6) is 0 Å². The Morgan fingerprint density at radius 2 is 1.92 bits per heavy atom. The molecule has 0 spiro atoms. The van der Waals surface area contributed by atoms with E-state index in [0.29, 0.717) is 22.5 Å². The van der Waals surface area contributed by atoms with E-state index in [1.807, 2.05) is 12.1 Å². The highest BCUT2D eigenvalue weighted by atomic mass is 19.3. The summed E-state index contributed by atoms with van der Waals surface area (Å²) < 4.78 is 34.5. The zero-order chi connectivity index (χ0) is 18.5. The Labute approximate surface area is 147 Å². The Morgan fingerprint density at radius 3 is 2.69 bits per heavy atom. The van der Waals surface area contributed by atoms with E-state index in [9.17, 15) is 8.78 Å². The minimum absolute atomic E-state index is 0.284. The monoisotopic (exact) mass is 357 g/mol. The topological polar surface area (TPSA) is 79.6 Å². The van der Waals surface area contributed by atoms with Crippen molar-refractivity contribution < 1.29 is 13.3 Å². The number of nitrogens with zero attached hydrogens (tertiary/aromatic N) is 3. The molecule has 0 radical (unpaired) electrons. The minimum atomic E-state index is -3.11. The van der Waals surface area contributed by atoms with Crippen LogP contribution in [0.2, 0.25) is 0 Å². The van der Waals surface area contributed by atoms with Crippen LogP contribution in [0, 0.1) is 5.41 Å². The molecule has 0 saturated heterocycles. The number of alkyl halides is 2. The predicted molar refractivity (Wildman–Crippen MR) is 94.5 cm³/mol. The molecular weight excluding hydrogens is 340 g/mol. The third-order valence-electron chi connectivity index (χ3n) is 4.31. The molecule has 4 rings (SSSR count). The molecule has 0 unspecified atom stereocenters. The van der Waals surface area contributed by atoms with Crippen LogP contribution in [0.1, 0.15) is 26.5 Å². The summed E-state index contributed by atoms with van der Waals surface area (Å²) in [4.78, 5) is 4.18. The van der Waals surface area contributed by atoms with Gasteiger partial charge in [0.25, 0.3) is 5.92 Å². The number of aromatic amines is 1. The number of pyridine rings is 1. The fraction of sp³-hybridized carbons (Fsp3) is 0.278. The van der Waals surface area contributed by atoms with Gasteiger partial charge in [0.15, 0.2) is 22.7 Å². The number of rotatable bonds is 3. The van der Waals surface area contributed by atoms with Crippen molar-refractivity contribution in [3.8, 4) is 0 Å². The van der Waals surface area contributed by atoms with E-state index < -0.39 is 11.3 Å². The predicted octanol–water partition coefficient (Wildman–Crippen LogP) is 4.98. The highest BCUT2D eigenvalue weighted by Crippen LogP contribution is 2.46. The molecule has 8 heteroatoms. The molecule has 0 aliphatic carbocycles. The second kappa shape index (κ2) is 5.48. The SMILES string of the molecule is CC(C)(C)C(F)(F)c1noc2cc(Nc3n[nH]c4ncccc34)ccc12. The van der Waals surface area contributed by atoms with Gasteiger partial charge in [-0.05, 0) is 24.3 Å². The Balaban J connectivity index is 1.71. The molecule has 0 atom stereocenters. The Kier molecular flexibility index (Phi) is 3.47. The van der Waals surface area contributed by atoms with Crippen molar-refractivity contribution in [2.45, 2.75) is 26.7 Å². The quantitative estimate of drug-likeness (QED) is 0.540. The van der Waals surface area contributed by atoms with Gasteiger partial charge < -0.3 is 9.84 Å². The van der Waals surface area contributed by atoms with Crippen molar-refractivity contribution in [3.63, 3.8) is 0 Å². The molecule has 3 heterocycles. The first-order valence-electron chi connectivity index (χ1n) is 8.11. The van der Waals surface area contributed by atoms with E-state index >= 15 is 0 Å². The van der Waals surface area contributed by atoms with Gasteiger partial charge in [-0.25, -0.2) is 4.98 Å². The van der Waals surface area contributed by atoms with Gasteiger partial charge in [-0.15, -0.1) is 0 Å². The maximum atomic E-state index is 14.6. The van der Waals surface area contributed by atoms with Crippen LogP contribution in [0.4, 0.5) is 20.3 Å². The Bertz CT molecular complexity index is 1090. The number of hydrogen-bond acceptors (Lipinski definition) is 5. The molecule has 0 bridgehead atoms. The van der Waals surface area contributed by atoms with Crippen molar-refractivity contribution in [1.82, 2.24) is 20.3 Å². The van der Waals surface area contributed by atoms with Crippen LogP contribution in [0.25, 0.3) is 22.0 Å². The number of benzene rings is 1. The summed E-state index contributed by atoms with van der Waals surface area (Å²) in [7, 11) is 0. The molecule has 1 aromatic carbocycles. The molecule has 0 saturated carbocycles. The summed E-state index contributed by atoms with van der Waals surface area (Å²) in [5.74, 6) is -2.52. The number of nitrogens with one attached hydrogen (secondary N) is 2. The molecule has 0 aliphatic heterocycles. The number of aromatic nitrogens is 4. The average Bonchev–Trinajstić information content (AvgIpc) is 3.18. The van der Waals surface area contributed by atoms with E-state index in [1.54, 1.807) is 24.4 Å². The molecule has 0 amide bonds. The van der Waals surface area contributed by atoms with E-state index in [2.05, 4.69) is 25.7 Å². The Hall–Kier alpha value is -3.03. The summed E-state index contributed by atoms with van der Waals surface area (Å²) in [6.07, 6.45) is 1.67. The summed E-state index contributed by atoms with van der Waals surface area (Å²) in [5.41, 5.74) is -0.0264. The summed E-state index contributed by atoms with van der Waals surface area (Å²) in [6.45, 7) is 4.42. The van der Waals surface area contributed by atoms with E-state index in [4.69, 9.17) is 4.52 Å². The largest absolute Gasteiger partial charge is 0.356 e. The van der Waals surface area contributed by atoms with Gasteiger partial charge in [-0.1, -0.05) is 25.9 Å². The lowest BCUT2D eigenvalue weighted by molar-refractivity contribution is -0.108. The van der Waals surface area contributed by atoms with Gasteiger partial charge in [0.1, 0.15) is 0 Å². The zero-order valence-electron chi connectivity index (χ0n) is 14.5. The van der Waals surface area contributed by atoms with Crippen molar-refractivity contribution in [3.05, 3.63) is 42.2 Å². The lowest BCUT2D eigenvalue weighted by Gasteiger charge is -2.28. The van der Waals surface area contributed by atoms with Crippen LogP contribution < -0.4 is 5.32 Å². The van der Waals surface area contributed by atoms with Gasteiger partial charge in [-0.3, -0.25) is 5.10 Å². The van der Waals surface area contributed by atoms with E-state index in [1.165, 1.54) is 20.8 Å². The van der Waals surface area contributed by atoms with Gasteiger partial charge >= 0.3 is 0 Å². The summed E-state index contributed by atoms with van der Waals surface area (Å²) in [5, 5.41) is 14.9. The first-order valence-corrected chi connectivity index (χ1v) is 8.11. The third kappa shape index (κ3) is 2.49. The zero-order valence-corrected chi connectivity index (χ0v) is 14.5. The molecule has 134 valence electrons. The standard InChI is InChI=1S/C18H17F2N5O/c1-17(2,3)18(19,20)14-11-7-6-10(9-13(11)26-25-14)22-16-12-5-4-8-21-15(12)23-24-16/h4-9H,1-3H3,(H2,21,22,23,24). The average molecular weight is 357 g/mol. The molecule has 6 nitrogen and oxygen atoms in total. The second-order valence-electron chi connectivity index (χ2n) is 7.16. The van der Waals surface area contributed by atoms with Crippen LogP contribution in [0.15, 0.2) is 41.1 Å². The fourth-order valence-corrected chi connectivity index (χ4v) is 2.68. The van der Waals surface area contributed by atoms with E-state index in [0.717, 1.165) is 5.39 Å². The highest BCUT2D eigenvalue weighted by molar-refractivity contribution is 5.90. The second-order valence-corrected chi connectivity index (χ2v) is 7.16. The summed E-state index contributed by atoms with van der Waals surface area (Å²) >= 11 is 0. The molecule has 4 aromatic rings. The number of hydrogen-bond donors (Lipinski definition) is 2. The molecule has 3 aromatic heterocycles. The van der Waals surface area contributed by atoms with E-state index in [-0.39, 0.29) is 11.3 Å². The normalized spacial score (nSPS) is 12.8. The third-order valence-corrected chi connectivity index (χ3v) is 4.31. The van der Waals surface area contributed by atoms with Gasteiger partial charge in [-0.2, -0.15) is 13.9 Å². The van der Waals surface area contributed by atoms with Gasteiger partial charge in [0.2, 0.25) is 0 Å². The smallest absolute Gasteiger partial charge is 0.298 e. The maximum absolute atomic E-state index is 14.6. The number of fused-ring (bicyclic) bond motifs is 2. The number of halogens is 2. The first-order chi connectivity index (χ1) is 12.3. The Morgan fingerprint density at radius 1 is 1.12 bits per heavy atom. The molecule has 0 fully saturated rings. The molecule has 26 heavy (non-hydrogen) atoms. The van der Waals surface area contributed by atoms with Crippen LogP contribution in [0.3, 0.4) is 0 Å². The number of anilines is 2. The van der Waals surface area contributed by atoms with Gasteiger partial charge in [0, 0.05) is 23.4 Å². The van der Waals surface area contributed by atoms with Crippen molar-refractivity contribution >= 4 is 33.5 Å². The minimum Gasteiger partial charge on any atom is -0.356 e. The lowest BCUT2D eigenvalue weighted by atomic mass is 9.85. The fourth-order valence-electron chi connectivity index (χ4n) is 2.68. The number of H-pyrrole nitrogens is 1. The summed E-state index contributed by atoms with van der Waals surface area (Å²) in [6, 6.07) is 8.59. The highest BCUT2D eigenvalue weighted by Gasteiger charge is 2.48. The van der Waals surface area contributed by atoms with Crippen LogP contribution in [-0.2, 0) is 5.92 Å². The van der Waals surface area contributed by atoms with Crippen molar-refractivity contribution in [2.24, 2.45) is 5.41 Å². The van der Waals surface area contributed by atoms with Crippen LogP contribution >= 0.6 is 0 Å². The first kappa shape index (κ1) is 16.4. The lowest BCUT2D eigenvalue weighted by Crippen LogP contribution is -2.31. The van der Waals surface area contributed by atoms with Crippen LogP contribution in [-0.4, -0.2) is 20.3 Å². The molecule has 2 N–H and O–H groups in total. The van der Waals surface area contributed by atoms with Gasteiger partial charge in [0.05, 0.1) is 10.8 Å².